The summed E-state index contributed by atoms with van der Waals surface area (Å²) in [6.45, 7) is 1.15. The third-order valence-electron chi connectivity index (χ3n) is 5.46. The lowest BCUT2D eigenvalue weighted by molar-refractivity contribution is -0.119. The minimum atomic E-state index is -4.08. The van der Waals surface area contributed by atoms with Gasteiger partial charge in [0.1, 0.15) is 12.3 Å². The van der Waals surface area contributed by atoms with Crippen LogP contribution in [-0.2, 0) is 14.8 Å². The molecule has 0 spiro atoms. The van der Waals surface area contributed by atoms with Gasteiger partial charge in [-0.2, -0.15) is 5.10 Å². The smallest absolute Gasteiger partial charge is 0.264 e. The Labute approximate surface area is 208 Å². The molecule has 0 bridgehead atoms. The van der Waals surface area contributed by atoms with E-state index < -0.39 is 22.5 Å². The van der Waals surface area contributed by atoms with Gasteiger partial charge < -0.3 is 5.11 Å². The van der Waals surface area contributed by atoms with E-state index in [4.69, 9.17) is 11.6 Å². The molecule has 35 heavy (non-hydrogen) atoms. The minimum Gasteiger partial charge on any atom is -0.507 e. The zero-order valence-electron chi connectivity index (χ0n) is 18.7. The van der Waals surface area contributed by atoms with Gasteiger partial charge >= 0.3 is 0 Å². The zero-order valence-corrected chi connectivity index (χ0v) is 20.3. The SMILES string of the molecule is Cc1c(Cl)cccc1N(CC(=O)N/N=C\c1c(O)ccc2ccccc12)S(=O)(=O)c1ccccc1. The second-order valence-electron chi connectivity index (χ2n) is 7.72. The van der Waals surface area contributed by atoms with E-state index in [2.05, 4.69) is 10.5 Å². The highest BCUT2D eigenvalue weighted by molar-refractivity contribution is 7.92. The number of hydrazone groups is 1. The summed E-state index contributed by atoms with van der Waals surface area (Å²) in [5.41, 5.74) is 3.60. The van der Waals surface area contributed by atoms with Crippen molar-refractivity contribution in [3.05, 3.63) is 101 Å². The Hall–Kier alpha value is -3.88. The van der Waals surface area contributed by atoms with Crippen LogP contribution in [0.5, 0.6) is 5.75 Å². The third-order valence-corrected chi connectivity index (χ3v) is 7.64. The van der Waals surface area contributed by atoms with Crippen molar-refractivity contribution >= 4 is 50.2 Å². The van der Waals surface area contributed by atoms with E-state index >= 15 is 0 Å². The minimum absolute atomic E-state index is 0.00420. The number of nitrogens with zero attached hydrogens (tertiary/aromatic N) is 2. The number of amides is 1. The molecule has 9 heteroatoms. The Morgan fingerprint density at radius 2 is 1.71 bits per heavy atom. The van der Waals surface area contributed by atoms with Gasteiger partial charge in [0.15, 0.2) is 0 Å². The molecule has 0 aliphatic heterocycles. The fourth-order valence-electron chi connectivity index (χ4n) is 3.64. The van der Waals surface area contributed by atoms with Gasteiger partial charge in [0.25, 0.3) is 15.9 Å². The number of aromatic hydroxyl groups is 1. The van der Waals surface area contributed by atoms with Crippen LogP contribution in [0.25, 0.3) is 10.8 Å². The molecular weight excluding hydrogens is 486 g/mol. The number of hydrogen-bond acceptors (Lipinski definition) is 5. The molecule has 0 aliphatic carbocycles. The number of carbonyl (C=O) groups is 1. The lowest BCUT2D eigenvalue weighted by Crippen LogP contribution is -2.40. The van der Waals surface area contributed by atoms with Gasteiger partial charge in [-0.05, 0) is 53.6 Å². The molecule has 4 rings (SSSR count). The Morgan fingerprint density at radius 3 is 2.49 bits per heavy atom. The van der Waals surface area contributed by atoms with Crippen molar-refractivity contribution in [3.8, 4) is 5.75 Å². The Kier molecular flexibility index (Phi) is 7.04. The summed E-state index contributed by atoms with van der Waals surface area (Å²) in [6.07, 6.45) is 1.33. The molecule has 4 aromatic carbocycles. The molecule has 0 saturated carbocycles. The van der Waals surface area contributed by atoms with Crippen LogP contribution in [0.2, 0.25) is 5.02 Å². The van der Waals surface area contributed by atoms with E-state index in [0.717, 1.165) is 15.1 Å². The van der Waals surface area contributed by atoms with Gasteiger partial charge in [-0.15, -0.1) is 0 Å². The molecule has 0 fully saturated rings. The molecule has 0 radical (unpaired) electrons. The van der Waals surface area contributed by atoms with Crippen LogP contribution < -0.4 is 9.73 Å². The number of carbonyl (C=O) groups excluding carboxylic acids is 1. The van der Waals surface area contributed by atoms with Gasteiger partial charge in [-0.3, -0.25) is 9.10 Å². The maximum absolute atomic E-state index is 13.4. The average Bonchev–Trinajstić information content (AvgIpc) is 2.86. The van der Waals surface area contributed by atoms with E-state index in [1.54, 1.807) is 55.5 Å². The van der Waals surface area contributed by atoms with Crippen molar-refractivity contribution in [1.82, 2.24) is 5.43 Å². The quantitative estimate of drug-likeness (QED) is 0.276. The second-order valence-corrected chi connectivity index (χ2v) is 9.99. The lowest BCUT2D eigenvalue weighted by Gasteiger charge is -2.25. The molecule has 0 atom stereocenters. The van der Waals surface area contributed by atoms with Gasteiger partial charge in [0, 0.05) is 10.6 Å². The second kappa shape index (κ2) is 10.2. The fraction of sp³-hybridized carbons (Fsp3) is 0.0769. The molecule has 178 valence electrons. The van der Waals surface area contributed by atoms with E-state index in [0.29, 0.717) is 16.1 Å². The Morgan fingerprint density at radius 1 is 1.00 bits per heavy atom. The molecule has 0 unspecified atom stereocenters. The number of benzene rings is 4. The van der Waals surface area contributed by atoms with E-state index in [9.17, 15) is 18.3 Å². The van der Waals surface area contributed by atoms with Crippen LogP contribution >= 0.6 is 11.6 Å². The number of sulfonamides is 1. The van der Waals surface area contributed by atoms with Crippen molar-refractivity contribution in [1.29, 1.82) is 0 Å². The Balaban J connectivity index is 1.62. The first-order valence-corrected chi connectivity index (χ1v) is 12.5. The van der Waals surface area contributed by atoms with E-state index in [1.807, 2.05) is 24.3 Å². The largest absolute Gasteiger partial charge is 0.507 e. The van der Waals surface area contributed by atoms with Crippen LogP contribution in [-0.4, -0.2) is 32.2 Å². The van der Waals surface area contributed by atoms with Crippen LogP contribution in [0.4, 0.5) is 5.69 Å². The average molecular weight is 508 g/mol. The number of hydrogen-bond donors (Lipinski definition) is 2. The van der Waals surface area contributed by atoms with E-state index in [1.165, 1.54) is 18.3 Å². The number of fused-ring (bicyclic) bond motifs is 1. The number of halogens is 1. The molecule has 1 amide bonds. The zero-order chi connectivity index (χ0) is 25.0. The summed E-state index contributed by atoms with van der Waals surface area (Å²) < 4.78 is 27.9. The summed E-state index contributed by atoms with van der Waals surface area (Å²) in [6, 6.07) is 23.5. The summed E-state index contributed by atoms with van der Waals surface area (Å²) in [7, 11) is -4.08. The van der Waals surface area contributed by atoms with Crippen molar-refractivity contribution in [2.75, 3.05) is 10.8 Å². The van der Waals surface area contributed by atoms with Crippen molar-refractivity contribution in [3.63, 3.8) is 0 Å². The normalized spacial score (nSPS) is 11.6. The van der Waals surface area contributed by atoms with Gasteiger partial charge in [0.2, 0.25) is 0 Å². The summed E-state index contributed by atoms with van der Waals surface area (Å²) in [4.78, 5) is 12.9. The van der Waals surface area contributed by atoms with E-state index in [-0.39, 0.29) is 16.3 Å². The molecule has 2 N–H and O–H groups in total. The first-order chi connectivity index (χ1) is 16.8. The molecule has 4 aromatic rings. The lowest BCUT2D eigenvalue weighted by atomic mass is 10.0. The predicted octanol–water partition coefficient (Wildman–Crippen LogP) is 4.85. The number of rotatable bonds is 7. The first kappa shape index (κ1) is 24.3. The highest BCUT2D eigenvalue weighted by Gasteiger charge is 2.28. The highest BCUT2D eigenvalue weighted by Crippen LogP contribution is 2.31. The Bertz CT molecular complexity index is 1520. The molecule has 0 heterocycles. The van der Waals surface area contributed by atoms with Crippen molar-refractivity contribution < 1.29 is 18.3 Å². The standard InChI is InChI=1S/C26H22ClN3O4S/c1-18-23(27)12-7-13-24(18)30(35(33,34)20-9-3-2-4-10-20)17-26(32)29-28-16-22-21-11-6-5-8-19(21)14-15-25(22)31/h2-16,31H,17H2,1H3,(H,29,32)/b28-16-. The predicted molar refractivity (Wildman–Crippen MR) is 139 cm³/mol. The van der Waals surface area contributed by atoms with Gasteiger partial charge in [0.05, 0.1) is 16.8 Å². The molecular formula is C26H22ClN3O4S. The van der Waals surface area contributed by atoms with Crippen LogP contribution in [0.1, 0.15) is 11.1 Å². The van der Waals surface area contributed by atoms with Crippen molar-refractivity contribution in [2.24, 2.45) is 5.10 Å². The maximum Gasteiger partial charge on any atom is 0.264 e. The monoisotopic (exact) mass is 507 g/mol. The van der Waals surface area contributed by atoms with Crippen LogP contribution in [0, 0.1) is 6.92 Å². The highest BCUT2D eigenvalue weighted by atomic mass is 35.5. The molecule has 0 aromatic heterocycles. The number of anilines is 1. The fourth-order valence-corrected chi connectivity index (χ4v) is 5.31. The topological polar surface area (TPSA) is 99.1 Å². The number of nitrogens with one attached hydrogen (secondary N) is 1. The molecule has 0 aliphatic rings. The van der Waals surface area contributed by atoms with Gasteiger partial charge in [-0.1, -0.05) is 66.2 Å². The van der Waals surface area contributed by atoms with Crippen LogP contribution in [0.3, 0.4) is 0 Å². The molecule has 0 saturated heterocycles. The number of phenols is 1. The summed E-state index contributed by atoms with van der Waals surface area (Å²) in [5.74, 6) is -0.663. The third kappa shape index (κ3) is 5.13. The first-order valence-electron chi connectivity index (χ1n) is 10.6. The number of phenolic OH excluding ortho intramolecular Hbond substituents is 1. The summed E-state index contributed by atoms with van der Waals surface area (Å²) in [5, 5.41) is 16.2. The van der Waals surface area contributed by atoms with Gasteiger partial charge in [-0.25, -0.2) is 13.8 Å². The maximum atomic E-state index is 13.4. The summed E-state index contributed by atoms with van der Waals surface area (Å²) >= 11 is 6.24. The van der Waals surface area contributed by atoms with Crippen molar-refractivity contribution in [2.45, 2.75) is 11.8 Å². The molecule has 7 nitrogen and oxygen atoms in total. The van der Waals surface area contributed by atoms with Crippen LogP contribution in [0.15, 0.2) is 94.9 Å².